The molecule has 0 radical (unpaired) electrons. The van der Waals surface area contributed by atoms with Crippen molar-refractivity contribution in [2.45, 2.75) is 25.8 Å². The molecule has 0 saturated carbocycles. The van der Waals surface area contributed by atoms with Gasteiger partial charge in [-0.3, -0.25) is 0 Å². The van der Waals surface area contributed by atoms with E-state index in [1.807, 2.05) is 6.07 Å². The summed E-state index contributed by atoms with van der Waals surface area (Å²) in [7, 11) is 0. The van der Waals surface area contributed by atoms with Gasteiger partial charge in [-0.25, -0.2) is 0 Å². The Balaban J connectivity index is 2.07. The first-order valence-corrected chi connectivity index (χ1v) is 8.70. The molecular formula is C16H17Cl2NOS. The number of benzene rings is 1. The summed E-state index contributed by atoms with van der Waals surface area (Å²) in [6.07, 6.45) is 2.15. The zero-order valence-electron chi connectivity index (χ0n) is 11.8. The van der Waals surface area contributed by atoms with Crippen LogP contribution in [0.2, 0.25) is 8.67 Å². The summed E-state index contributed by atoms with van der Waals surface area (Å²) in [6, 6.07) is 8.31. The van der Waals surface area contributed by atoms with Gasteiger partial charge in [-0.1, -0.05) is 48.3 Å². The molecule has 1 N–H and O–H groups in total. The van der Waals surface area contributed by atoms with Crippen molar-refractivity contribution in [3.8, 4) is 5.75 Å². The van der Waals surface area contributed by atoms with Gasteiger partial charge in [0.25, 0.3) is 0 Å². The van der Waals surface area contributed by atoms with Crippen molar-refractivity contribution >= 4 is 34.5 Å². The molecule has 2 nitrogen and oxygen atoms in total. The van der Waals surface area contributed by atoms with Crippen molar-refractivity contribution in [2.75, 3.05) is 13.2 Å². The molecule has 1 aromatic heterocycles. The molecular weight excluding hydrogens is 325 g/mol. The fourth-order valence-corrected chi connectivity index (χ4v) is 4.32. The molecule has 21 heavy (non-hydrogen) atoms. The highest BCUT2D eigenvalue weighted by Gasteiger charge is 2.24. The number of fused-ring (bicyclic) bond motifs is 1. The maximum atomic E-state index is 6.36. The molecule has 1 aromatic carbocycles. The quantitative estimate of drug-likeness (QED) is 0.837. The van der Waals surface area contributed by atoms with Gasteiger partial charge >= 0.3 is 0 Å². The molecule has 1 unspecified atom stereocenters. The standard InChI is InChI=1S/C16H17Cl2NOS/c1-2-19-14(12-9-13(17)21-16(12)18)11-7-3-5-10-6-4-8-20-15(10)11/h3,5,7,9,14,19H,2,4,6,8H2,1H3. The number of halogens is 2. The van der Waals surface area contributed by atoms with E-state index in [1.165, 1.54) is 16.9 Å². The first kappa shape index (κ1) is 15.2. The Morgan fingerprint density at radius 1 is 1.33 bits per heavy atom. The number of thiophene rings is 1. The molecule has 1 atom stereocenters. The molecule has 2 aromatic rings. The van der Waals surface area contributed by atoms with Crippen molar-refractivity contribution in [1.82, 2.24) is 5.32 Å². The van der Waals surface area contributed by atoms with Crippen LogP contribution >= 0.6 is 34.5 Å². The van der Waals surface area contributed by atoms with E-state index in [0.717, 1.165) is 47.2 Å². The SMILES string of the molecule is CCNC(c1cc(Cl)sc1Cl)c1cccc2c1OCCC2. The lowest BCUT2D eigenvalue weighted by Crippen LogP contribution is -2.23. The fraction of sp³-hybridized carbons (Fsp3) is 0.375. The van der Waals surface area contributed by atoms with E-state index in [1.54, 1.807) is 0 Å². The second-order valence-corrected chi connectivity index (χ2v) is 7.34. The number of hydrogen-bond acceptors (Lipinski definition) is 3. The molecule has 0 amide bonds. The maximum Gasteiger partial charge on any atom is 0.127 e. The molecule has 0 aliphatic carbocycles. The largest absolute Gasteiger partial charge is 0.493 e. The maximum absolute atomic E-state index is 6.36. The lowest BCUT2D eigenvalue weighted by atomic mass is 9.95. The minimum atomic E-state index is 0.0132. The fourth-order valence-electron chi connectivity index (χ4n) is 2.78. The van der Waals surface area contributed by atoms with Crippen LogP contribution in [0, 0.1) is 0 Å². The van der Waals surface area contributed by atoms with Gasteiger partial charge in [0.15, 0.2) is 0 Å². The molecule has 1 aliphatic heterocycles. The summed E-state index contributed by atoms with van der Waals surface area (Å²) < 4.78 is 7.38. The van der Waals surface area contributed by atoms with E-state index in [9.17, 15) is 0 Å². The predicted molar refractivity (Wildman–Crippen MR) is 90.1 cm³/mol. The van der Waals surface area contributed by atoms with Crippen molar-refractivity contribution in [2.24, 2.45) is 0 Å². The second-order valence-electron chi connectivity index (χ2n) is 5.06. The molecule has 1 aliphatic rings. The third-order valence-corrected chi connectivity index (χ3v) is 5.20. The Morgan fingerprint density at radius 2 is 2.19 bits per heavy atom. The summed E-state index contributed by atoms with van der Waals surface area (Å²) in [6.45, 7) is 3.71. The number of nitrogens with one attached hydrogen (secondary N) is 1. The molecule has 2 heterocycles. The highest BCUT2D eigenvalue weighted by Crippen LogP contribution is 2.41. The number of ether oxygens (including phenoxy) is 1. The third kappa shape index (κ3) is 3.07. The van der Waals surface area contributed by atoms with Crippen LogP contribution in [0.3, 0.4) is 0 Å². The lowest BCUT2D eigenvalue weighted by molar-refractivity contribution is 0.283. The Hall–Kier alpha value is -0.740. The van der Waals surface area contributed by atoms with Crippen molar-refractivity contribution < 1.29 is 4.74 Å². The van der Waals surface area contributed by atoms with E-state index in [4.69, 9.17) is 27.9 Å². The molecule has 0 fully saturated rings. The Kier molecular flexibility index (Phi) is 4.75. The summed E-state index contributed by atoms with van der Waals surface area (Å²) in [4.78, 5) is 0. The average molecular weight is 342 g/mol. The van der Waals surface area contributed by atoms with Crippen LogP contribution in [0.25, 0.3) is 0 Å². The van der Waals surface area contributed by atoms with E-state index in [2.05, 4.69) is 30.4 Å². The van der Waals surface area contributed by atoms with Crippen LogP contribution in [0.5, 0.6) is 5.75 Å². The van der Waals surface area contributed by atoms with Gasteiger partial charge in [-0.2, -0.15) is 0 Å². The summed E-state index contributed by atoms with van der Waals surface area (Å²) in [5.41, 5.74) is 3.45. The lowest BCUT2D eigenvalue weighted by Gasteiger charge is -2.25. The average Bonchev–Trinajstić information content (AvgIpc) is 2.83. The van der Waals surface area contributed by atoms with Gasteiger partial charge in [0, 0.05) is 11.1 Å². The first-order chi connectivity index (χ1) is 10.2. The minimum Gasteiger partial charge on any atom is -0.493 e. The Morgan fingerprint density at radius 3 is 2.90 bits per heavy atom. The molecule has 5 heteroatoms. The van der Waals surface area contributed by atoms with Gasteiger partial charge in [0.1, 0.15) is 5.75 Å². The van der Waals surface area contributed by atoms with E-state index < -0.39 is 0 Å². The highest BCUT2D eigenvalue weighted by molar-refractivity contribution is 7.20. The Labute approximate surface area is 139 Å². The van der Waals surface area contributed by atoms with Gasteiger partial charge in [0.05, 0.1) is 21.3 Å². The molecule has 3 rings (SSSR count). The molecule has 0 bridgehead atoms. The van der Waals surface area contributed by atoms with E-state index in [-0.39, 0.29) is 6.04 Å². The highest BCUT2D eigenvalue weighted by atomic mass is 35.5. The summed E-state index contributed by atoms with van der Waals surface area (Å²) >= 11 is 13.9. The van der Waals surface area contributed by atoms with Crippen molar-refractivity contribution in [3.05, 3.63) is 49.6 Å². The topological polar surface area (TPSA) is 21.3 Å². The van der Waals surface area contributed by atoms with E-state index >= 15 is 0 Å². The van der Waals surface area contributed by atoms with Crippen LogP contribution in [-0.2, 0) is 6.42 Å². The number of hydrogen-bond donors (Lipinski definition) is 1. The predicted octanol–water partition coefficient (Wildman–Crippen LogP) is 5.08. The molecule has 0 spiro atoms. The van der Waals surface area contributed by atoms with Gasteiger partial charge in [0.2, 0.25) is 0 Å². The molecule has 112 valence electrons. The number of aryl methyl sites for hydroxylation is 1. The van der Waals surface area contributed by atoms with Crippen LogP contribution < -0.4 is 10.1 Å². The van der Waals surface area contributed by atoms with Gasteiger partial charge < -0.3 is 10.1 Å². The second kappa shape index (κ2) is 6.57. The minimum absolute atomic E-state index is 0.0132. The van der Waals surface area contributed by atoms with Crippen LogP contribution in [0.15, 0.2) is 24.3 Å². The van der Waals surface area contributed by atoms with E-state index in [0.29, 0.717) is 4.34 Å². The summed E-state index contributed by atoms with van der Waals surface area (Å²) in [5, 5.41) is 3.50. The Bertz CT molecular complexity index is 641. The molecule has 0 saturated heterocycles. The van der Waals surface area contributed by atoms with Crippen molar-refractivity contribution in [1.29, 1.82) is 0 Å². The van der Waals surface area contributed by atoms with Gasteiger partial charge in [-0.15, -0.1) is 11.3 Å². The number of rotatable bonds is 4. The zero-order valence-corrected chi connectivity index (χ0v) is 14.1. The van der Waals surface area contributed by atoms with Crippen molar-refractivity contribution in [3.63, 3.8) is 0 Å². The van der Waals surface area contributed by atoms with Crippen LogP contribution in [-0.4, -0.2) is 13.2 Å². The van der Waals surface area contributed by atoms with Crippen LogP contribution in [0.1, 0.15) is 36.1 Å². The van der Waals surface area contributed by atoms with Gasteiger partial charge in [-0.05, 0) is 31.0 Å². The summed E-state index contributed by atoms with van der Waals surface area (Å²) in [5.74, 6) is 1.01. The number of para-hydroxylation sites is 1. The third-order valence-electron chi connectivity index (χ3n) is 3.68. The normalized spacial score (nSPS) is 15.4. The monoisotopic (exact) mass is 341 g/mol. The zero-order chi connectivity index (χ0) is 14.8. The smallest absolute Gasteiger partial charge is 0.127 e. The van der Waals surface area contributed by atoms with Crippen LogP contribution in [0.4, 0.5) is 0 Å². The first-order valence-electron chi connectivity index (χ1n) is 7.13.